The van der Waals surface area contributed by atoms with Crippen molar-refractivity contribution >= 4 is 15.9 Å². The van der Waals surface area contributed by atoms with Gasteiger partial charge >= 0.3 is 0 Å². The molecule has 0 spiro atoms. The number of benzene rings is 1. The van der Waals surface area contributed by atoms with Crippen LogP contribution in [0.4, 0.5) is 4.39 Å². The zero-order valence-electron chi connectivity index (χ0n) is 9.60. The van der Waals surface area contributed by atoms with Crippen LogP contribution in [0.1, 0.15) is 6.42 Å². The second-order valence-electron chi connectivity index (χ2n) is 3.97. The normalized spacial score (nSPS) is 18.2. The fourth-order valence-electron chi connectivity index (χ4n) is 1.78. The first-order chi connectivity index (χ1) is 8.51. The third-order valence-electron chi connectivity index (χ3n) is 2.68. The maximum Gasteiger partial charge on any atom is 0.246 e. The van der Waals surface area contributed by atoms with Crippen molar-refractivity contribution < 1.29 is 17.6 Å². The molecule has 0 aliphatic carbocycles. The number of carbonyl (C=O) groups is 1. The SMILES string of the molecule is O=C1CN(S(=O)(=O)c2ccccc2F)CCCN1. The molecule has 0 aromatic heterocycles. The van der Waals surface area contributed by atoms with Gasteiger partial charge in [0.25, 0.3) is 0 Å². The first-order valence-corrected chi connectivity index (χ1v) is 6.97. The van der Waals surface area contributed by atoms with Crippen LogP contribution in [0.2, 0.25) is 0 Å². The summed E-state index contributed by atoms with van der Waals surface area (Å²) in [6.45, 7) is 0.369. The summed E-state index contributed by atoms with van der Waals surface area (Å²) in [5.74, 6) is -1.17. The number of nitrogens with zero attached hydrogens (tertiary/aromatic N) is 1. The fourth-order valence-corrected chi connectivity index (χ4v) is 3.28. The summed E-state index contributed by atoms with van der Waals surface area (Å²) in [7, 11) is -3.95. The summed E-state index contributed by atoms with van der Waals surface area (Å²) in [5.41, 5.74) is 0. The Labute approximate surface area is 105 Å². The molecule has 1 fully saturated rings. The number of halogens is 1. The van der Waals surface area contributed by atoms with E-state index < -0.39 is 15.8 Å². The number of rotatable bonds is 2. The summed E-state index contributed by atoms with van der Waals surface area (Å²) in [6, 6.07) is 5.16. The van der Waals surface area contributed by atoms with E-state index in [2.05, 4.69) is 5.32 Å². The van der Waals surface area contributed by atoms with E-state index in [0.29, 0.717) is 13.0 Å². The highest BCUT2D eigenvalue weighted by Crippen LogP contribution is 2.19. The van der Waals surface area contributed by atoms with Crippen LogP contribution in [0, 0.1) is 5.82 Å². The first-order valence-electron chi connectivity index (χ1n) is 5.53. The highest BCUT2D eigenvalue weighted by Gasteiger charge is 2.29. The molecule has 5 nitrogen and oxygen atoms in total. The molecule has 1 amide bonds. The minimum Gasteiger partial charge on any atom is -0.355 e. The third-order valence-corrected chi connectivity index (χ3v) is 4.56. The second-order valence-corrected chi connectivity index (χ2v) is 5.88. The molecule has 0 atom stereocenters. The standard InChI is InChI=1S/C11H13FN2O3S/c12-9-4-1-2-5-10(9)18(16,17)14-7-3-6-13-11(15)8-14/h1-2,4-5H,3,6-8H2,(H,13,15). The summed E-state index contributed by atoms with van der Waals surface area (Å²) >= 11 is 0. The van der Waals surface area contributed by atoms with E-state index in [1.54, 1.807) is 0 Å². The van der Waals surface area contributed by atoms with Gasteiger partial charge in [0.15, 0.2) is 0 Å². The number of nitrogens with one attached hydrogen (secondary N) is 1. The monoisotopic (exact) mass is 272 g/mol. The van der Waals surface area contributed by atoms with Crippen molar-refractivity contribution in [2.24, 2.45) is 0 Å². The second kappa shape index (κ2) is 5.03. The van der Waals surface area contributed by atoms with Gasteiger partial charge in [0.1, 0.15) is 10.7 Å². The molecule has 1 heterocycles. The Morgan fingerprint density at radius 3 is 2.72 bits per heavy atom. The van der Waals surface area contributed by atoms with Crippen LogP contribution in [-0.2, 0) is 14.8 Å². The largest absolute Gasteiger partial charge is 0.355 e. The predicted octanol–water partition coefficient (Wildman–Crippen LogP) is 0.336. The molecular weight excluding hydrogens is 259 g/mol. The zero-order valence-corrected chi connectivity index (χ0v) is 10.4. The maximum absolute atomic E-state index is 13.5. The van der Waals surface area contributed by atoms with E-state index in [0.717, 1.165) is 10.4 Å². The van der Waals surface area contributed by atoms with Crippen LogP contribution in [0.25, 0.3) is 0 Å². The number of hydrogen-bond acceptors (Lipinski definition) is 3. The summed E-state index contributed by atoms with van der Waals surface area (Å²) in [4.78, 5) is 11.0. The minimum atomic E-state index is -3.95. The van der Waals surface area contributed by atoms with Gasteiger partial charge in [-0.3, -0.25) is 4.79 Å². The number of amides is 1. The number of hydrogen-bond donors (Lipinski definition) is 1. The molecule has 18 heavy (non-hydrogen) atoms. The van der Waals surface area contributed by atoms with Crippen molar-refractivity contribution in [3.63, 3.8) is 0 Å². The predicted molar refractivity (Wildman–Crippen MR) is 62.8 cm³/mol. The van der Waals surface area contributed by atoms with Crippen LogP contribution in [-0.4, -0.2) is 38.3 Å². The van der Waals surface area contributed by atoms with Gasteiger partial charge < -0.3 is 5.32 Å². The van der Waals surface area contributed by atoms with Gasteiger partial charge in [0.05, 0.1) is 6.54 Å². The lowest BCUT2D eigenvalue weighted by molar-refractivity contribution is -0.120. The van der Waals surface area contributed by atoms with Crippen molar-refractivity contribution in [1.29, 1.82) is 0 Å². The molecule has 1 aliphatic heterocycles. The van der Waals surface area contributed by atoms with E-state index in [9.17, 15) is 17.6 Å². The lowest BCUT2D eigenvalue weighted by Gasteiger charge is -2.18. The van der Waals surface area contributed by atoms with Gasteiger partial charge in [-0.1, -0.05) is 12.1 Å². The summed E-state index contributed by atoms with van der Waals surface area (Å²) in [5, 5.41) is 2.57. The Hall–Kier alpha value is -1.47. The molecule has 1 saturated heterocycles. The van der Waals surface area contributed by atoms with Gasteiger partial charge in [-0.05, 0) is 18.6 Å². The van der Waals surface area contributed by atoms with Crippen LogP contribution < -0.4 is 5.32 Å². The van der Waals surface area contributed by atoms with E-state index in [-0.39, 0.29) is 23.9 Å². The highest BCUT2D eigenvalue weighted by atomic mass is 32.2. The Morgan fingerprint density at radius 1 is 1.28 bits per heavy atom. The maximum atomic E-state index is 13.5. The van der Waals surface area contributed by atoms with Crippen molar-refractivity contribution in [3.8, 4) is 0 Å². The van der Waals surface area contributed by atoms with Gasteiger partial charge in [-0.25, -0.2) is 12.8 Å². The van der Waals surface area contributed by atoms with Crippen molar-refractivity contribution in [2.75, 3.05) is 19.6 Å². The van der Waals surface area contributed by atoms with Crippen LogP contribution in [0.5, 0.6) is 0 Å². The Morgan fingerprint density at radius 2 is 2.00 bits per heavy atom. The van der Waals surface area contributed by atoms with Crippen LogP contribution in [0.3, 0.4) is 0 Å². The molecule has 1 aromatic rings. The summed E-state index contributed by atoms with van der Waals surface area (Å²) in [6.07, 6.45) is 0.513. The third kappa shape index (κ3) is 2.51. The Balaban J connectivity index is 2.36. The fraction of sp³-hybridized carbons (Fsp3) is 0.364. The average Bonchev–Trinajstić information content (AvgIpc) is 2.54. The molecule has 0 radical (unpaired) electrons. The minimum absolute atomic E-state index is 0.204. The average molecular weight is 272 g/mol. The van der Waals surface area contributed by atoms with Gasteiger partial charge in [-0.2, -0.15) is 4.31 Å². The van der Waals surface area contributed by atoms with Gasteiger partial charge in [0.2, 0.25) is 15.9 Å². The molecule has 1 aliphatic rings. The molecule has 1 N–H and O–H groups in total. The molecule has 0 bridgehead atoms. The zero-order chi connectivity index (χ0) is 13.2. The molecule has 1 aromatic carbocycles. The lowest BCUT2D eigenvalue weighted by atomic mass is 10.3. The first kappa shape index (κ1) is 13.0. The van der Waals surface area contributed by atoms with E-state index in [4.69, 9.17) is 0 Å². The Bertz CT molecular complexity index is 559. The Kier molecular flexibility index (Phi) is 3.63. The quantitative estimate of drug-likeness (QED) is 0.844. The number of sulfonamides is 1. The number of carbonyl (C=O) groups excluding carboxylic acids is 1. The molecule has 2 rings (SSSR count). The van der Waals surface area contributed by atoms with Crippen molar-refractivity contribution in [3.05, 3.63) is 30.1 Å². The molecular formula is C11H13FN2O3S. The van der Waals surface area contributed by atoms with Crippen LogP contribution in [0.15, 0.2) is 29.2 Å². The highest BCUT2D eigenvalue weighted by molar-refractivity contribution is 7.89. The van der Waals surface area contributed by atoms with E-state index in [1.807, 2.05) is 0 Å². The smallest absolute Gasteiger partial charge is 0.246 e. The van der Waals surface area contributed by atoms with Gasteiger partial charge in [-0.15, -0.1) is 0 Å². The molecule has 0 unspecified atom stereocenters. The summed E-state index contributed by atoms with van der Waals surface area (Å²) < 4.78 is 39.0. The van der Waals surface area contributed by atoms with E-state index in [1.165, 1.54) is 18.2 Å². The van der Waals surface area contributed by atoms with Crippen LogP contribution >= 0.6 is 0 Å². The molecule has 98 valence electrons. The topological polar surface area (TPSA) is 66.5 Å². The van der Waals surface area contributed by atoms with E-state index >= 15 is 0 Å². The molecule has 0 saturated carbocycles. The van der Waals surface area contributed by atoms with Crippen molar-refractivity contribution in [1.82, 2.24) is 9.62 Å². The van der Waals surface area contributed by atoms with Crippen molar-refractivity contribution in [2.45, 2.75) is 11.3 Å². The molecule has 7 heteroatoms. The lowest BCUT2D eigenvalue weighted by Crippen LogP contribution is -2.37. The van der Waals surface area contributed by atoms with Gasteiger partial charge in [0, 0.05) is 13.1 Å².